The first kappa shape index (κ1) is 43.0. The molecule has 1 aliphatic heterocycles. The zero-order chi connectivity index (χ0) is 37.9. The van der Waals surface area contributed by atoms with E-state index in [1.807, 2.05) is 19.9 Å². The molecule has 6 atom stereocenters. The number of nitrogens with one attached hydrogen (secondary N) is 4. The molecule has 16 heteroatoms. The quantitative estimate of drug-likeness (QED) is 0.0506. The van der Waals surface area contributed by atoms with E-state index in [0.29, 0.717) is 45.2 Å². The Balaban J connectivity index is 2.17. The van der Waals surface area contributed by atoms with Gasteiger partial charge in [0.1, 0.15) is 30.2 Å². The van der Waals surface area contributed by atoms with Gasteiger partial charge in [0.05, 0.1) is 13.1 Å². The average Bonchev–Trinajstić information content (AvgIpc) is 3.59. The number of likely N-dealkylation sites (tertiary alicyclic amines) is 1. The lowest BCUT2D eigenvalue weighted by Gasteiger charge is -2.29. The van der Waals surface area contributed by atoms with E-state index in [0.717, 1.165) is 31.4 Å². The van der Waals surface area contributed by atoms with Crippen molar-refractivity contribution < 1.29 is 46.0 Å². The summed E-state index contributed by atoms with van der Waals surface area (Å²) in [6, 6.07) is 3.50. The molecule has 286 valence electrons. The second kappa shape index (κ2) is 22.6. The lowest BCUT2D eigenvalue weighted by molar-refractivity contribution is -0.408. The Morgan fingerprint density at radius 2 is 1.37 bits per heavy atom. The highest BCUT2D eigenvalue weighted by atomic mass is 16.2. The van der Waals surface area contributed by atoms with Gasteiger partial charge in [0.15, 0.2) is 6.04 Å². The van der Waals surface area contributed by atoms with E-state index in [-0.39, 0.29) is 31.2 Å². The molecule has 17 N–H and O–H groups in total. The number of nitrogens with zero attached hydrogens (tertiary/aromatic N) is 1. The van der Waals surface area contributed by atoms with E-state index in [2.05, 4.69) is 38.5 Å². The number of unbranched alkanes of at least 4 members (excludes halogenated alkanes) is 2. The summed E-state index contributed by atoms with van der Waals surface area (Å²) in [4.78, 5) is 81.1. The first-order valence-electron chi connectivity index (χ1n) is 18.3. The van der Waals surface area contributed by atoms with Crippen LogP contribution >= 0.6 is 0 Å². The first-order chi connectivity index (χ1) is 24.3. The summed E-state index contributed by atoms with van der Waals surface area (Å²) in [5.74, 6) is -3.27. The molecule has 0 aromatic heterocycles. The number of rotatable bonds is 23. The summed E-state index contributed by atoms with van der Waals surface area (Å²) in [5.41, 5.74) is 23.9. The number of primary amides is 1. The van der Waals surface area contributed by atoms with Crippen LogP contribution in [0.3, 0.4) is 0 Å². The molecule has 6 amide bonds. The zero-order valence-electron chi connectivity index (χ0n) is 30.5. The molecule has 16 nitrogen and oxygen atoms in total. The van der Waals surface area contributed by atoms with Gasteiger partial charge in [0.2, 0.25) is 29.5 Å². The fraction of sp³-hybridized carbons (Fsp3) is 0.657. The summed E-state index contributed by atoms with van der Waals surface area (Å²) in [5, 5.41) is 10.8. The van der Waals surface area contributed by atoms with Crippen LogP contribution in [0.25, 0.3) is 0 Å². The van der Waals surface area contributed by atoms with Crippen LogP contribution in [-0.4, -0.2) is 103 Å². The van der Waals surface area contributed by atoms with E-state index in [9.17, 15) is 28.8 Å². The normalized spacial score (nSPS) is 17.2. The Morgan fingerprint density at radius 1 is 0.804 bits per heavy atom. The molecule has 0 saturated carbocycles. The fourth-order valence-electron chi connectivity index (χ4n) is 6.12. The van der Waals surface area contributed by atoms with Gasteiger partial charge in [-0.15, -0.1) is 0 Å². The highest BCUT2D eigenvalue weighted by Crippen LogP contribution is 2.20. The fourth-order valence-corrected chi connectivity index (χ4v) is 6.12. The van der Waals surface area contributed by atoms with Crippen LogP contribution < -0.4 is 49.9 Å². The molecule has 1 saturated heterocycles. The third-order valence-corrected chi connectivity index (χ3v) is 9.02. The maximum atomic E-state index is 13.6. The number of carbonyl (C=O) groups is 6. The molecule has 1 heterocycles. The number of benzene rings is 1. The monoisotopic (exact) mass is 719 g/mol. The minimum absolute atomic E-state index is 0.00414. The maximum absolute atomic E-state index is 13.6. The van der Waals surface area contributed by atoms with Gasteiger partial charge < -0.3 is 54.8 Å². The Labute approximate surface area is 301 Å². The van der Waals surface area contributed by atoms with Crippen molar-refractivity contribution in [3.8, 4) is 0 Å². The molecule has 0 bridgehead atoms. The minimum atomic E-state index is -1.24. The van der Waals surface area contributed by atoms with Gasteiger partial charge in [0, 0.05) is 25.9 Å². The number of hydrogen-bond acceptors (Lipinski definition) is 7. The van der Waals surface area contributed by atoms with Gasteiger partial charge in [-0.1, -0.05) is 44.2 Å². The van der Waals surface area contributed by atoms with Gasteiger partial charge >= 0.3 is 0 Å². The second-order valence-corrected chi connectivity index (χ2v) is 13.8. The van der Waals surface area contributed by atoms with E-state index in [1.165, 1.54) is 0 Å². The van der Waals surface area contributed by atoms with Crippen molar-refractivity contribution in [3.63, 3.8) is 0 Å². The molecule has 1 aliphatic rings. The van der Waals surface area contributed by atoms with Gasteiger partial charge in [-0.05, 0) is 62.8 Å². The Kier molecular flexibility index (Phi) is 19.1. The van der Waals surface area contributed by atoms with E-state index < -0.39 is 65.8 Å². The maximum Gasteiger partial charge on any atom is 0.281 e. The molecule has 1 fully saturated rings. The number of amides is 6. The van der Waals surface area contributed by atoms with Crippen molar-refractivity contribution in [2.45, 2.75) is 114 Å². The standard InChI is InChI=1S/C35H60N10O6/c1-22(2)19-26(43-34(50)29-15-10-18-45(29)35(51)24(39)13-6-8-16-36)31(47)44-28(21-38)33(49)42-27(20-23-11-4-3-5-12-23)32(48)41-25(30(40)46)14-7-9-17-37/h3-5,11-12,22,24-29H,6-10,13-21,36-39H2,1-2H3,(H2,40,46)(H,41,48)(H,42,49)(H,43,50)(H,44,47)/p+3/t24-,25-,26-,27-,28-,29-/m0/s1. The van der Waals surface area contributed by atoms with Crippen molar-refractivity contribution >= 4 is 35.4 Å². The van der Waals surface area contributed by atoms with Crippen molar-refractivity contribution in [1.29, 1.82) is 0 Å². The molecule has 2 rings (SSSR count). The predicted molar refractivity (Wildman–Crippen MR) is 190 cm³/mol. The molecular formula is C35H63N10O6+3. The molecule has 0 radical (unpaired) electrons. The molecule has 0 aliphatic carbocycles. The summed E-state index contributed by atoms with van der Waals surface area (Å²) >= 11 is 0. The first-order valence-corrected chi connectivity index (χ1v) is 18.3. The van der Waals surface area contributed by atoms with Crippen molar-refractivity contribution in [2.24, 2.45) is 17.4 Å². The van der Waals surface area contributed by atoms with Crippen LogP contribution in [0.5, 0.6) is 0 Å². The van der Waals surface area contributed by atoms with E-state index >= 15 is 0 Å². The lowest BCUT2D eigenvalue weighted by atomic mass is 10.0. The molecule has 51 heavy (non-hydrogen) atoms. The van der Waals surface area contributed by atoms with Crippen LogP contribution in [-0.2, 0) is 35.2 Å². The van der Waals surface area contributed by atoms with Crippen molar-refractivity contribution in [1.82, 2.24) is 26.2 Å². The number of nitrogens with two attached hydrogens (primary N) is 2. The van der Waals surface area contributed by atoms with Gasteiger partial charge in [-0.3, -0.25) is 28.8 Å². The minimum Gasteiger partial charge on any atom is -0.368 e. The molecule has 0 spiro atoms. The second-order valence-electron chi connectivity index (χ2n) is 13.8. The van der Waals surface area contributed by atoms with Gasteiger partial charge in [-0.2, -0.15) is 0 Å². The third-order valence-electron chi connectivity index (χ3n) is 9.02. The average molecular weight is 720 g/mol. The highest BCUT2D eigenvalue weighted by molar-refractivity contribution is 5.96. The summed E-state index contributed by atoms with van der Waals surface area (Å²) in [7, 11) is 0. The van der Waals surface area contributed by atoms with Crippen LogP contribution in [0, 0.1) is 5.92 Å². The molecule has 1 aromatic rings. The summed E-state index contributed by atoms with van der Waals surface area (Å²) in [6.07, 6.45) is 5.51. The number of hydrogen-bond donors (Lipinski definition) is 9. The Bertz CT molecular complexity index is 1280. The Morgan fingerprint density at radius 3 is 1.96 bits per heavy atom. The summed E-state index contributed by atoms with van der Waals surface area (Å²) < 4.78 is 0. The van der Waals surface area contributed by atoms with Crippen LogP contribution in [0.15, 0.2) is 30.3 Å². The van der Waals surface area contributed by atoms with E-state index in [4.69, 9.17) is 11.5 Å². The molecule has 0 unspecified atom stereocenters. The largest absolute Gasteiger partial charge is 0.368 e. The van der Waals surface area contributed by atoms with Gasteiger partial charge in [0.25, 0.3) is 5.91 Å². The predicted octanol–water partition coefficient (Wildman–Crippen LogP) is -3.92. The topological polar surface area (TPSA) is 289 Å². The number of carbonyl (C=O) groups excluding carboxylic acids is 6. The van der Waals surface area contributed by atoms with E-state index in [1.54, 1.807) is 29.2 Å². The van der Waals surface area contributed by atoms with Crippen LogP contribution in [0.1, 0.15) is 77.2 Å². The van der Waals surface area contributed by atoms with Crippen molar-refractivity contribution in [2.75, 3.05) is 26.2 Å². The zero-order valence-corrected chi connectivity index (χ0v) is 30.5. The third kappa shape index (κ3) is 14.6. The molecular weight excluding hydrogens is 656 g/mol. The SMILES string of the molecule is CC(C)C[C@H](NC(=O)[C@@H]1CCCN1C(=O)[C@@H]([NH3+])CCCC[NH3+])C(=O)N[C@@H](CN)C(=O)N[C@@H](Cc1ccccc1)C(=O)N[C@@H](CCCC[NH3+])C(N)=O. The lowest BCUT2D eigenvalue weighted by Crippen LogP contribution is -2.69. The Hall–Kier alpha value is -4.12. The summed E-state index contributed by atoms with van der Waals surface area (Å²) in [6.45, 7) is 5.39. The van der Waals surface area contributed by atoms with Crippen LogP contribution in [0.2, 0.25) is 0 Å². The molecule has 1 aromatic carbocycles. The smallest absolute Gasteiger partial charge is 0.281 e. The number of quaternary nitrogens is 3. The van der Waals surface area contributed by atoms with Gasteiger partial charge in [-0.25, -0.2) is 0 Å². The highest BCUT2D eigenvalue weighted by Gasteiger charge is 2.39. The van der Waals surface area contributed by atoms with Crippen molar-refractivity contribution in [3.05, 3.63) is 35.9 Å². The van der Waals surface area contributed by atoms with Crippen LogP contribution in [0.4, 0.5) is 0 Å².